The lowest BCUT2D eigenvalue weighted by molar-refractivity contribution is -0.114. The van der Waals surface area contributed by atoms with Gasteiger partial charge in [-0.05, 0) is 66.0 Å². The number of thiophene rings is 1. The van der Waals surface area contributed by atoms with Crippen molar-refractivity contribution in [1.29, 1.82) is 0 Å². The van der Waals surface area contributed by atoms with Gasteiger partial charge in [-0.15, -0.1) is 0 Å². The summed E-state index contributed by atoms with van der Waals surface area (Å²) in [6, 6.07) is 9.75. The molecule has 0 unspecified atom stereocenters. The second kappa shape index (κ2) is 8.47. The van der Waals surface area contributed by atoms with Crippen molar-refractivity contribution in [1.82, 2.24) is 4.90 Å². The Hall–Kier alpha value is -1.89. The predicted molar refractivity (Wildman–Crippen MR) is 100 cm³/mol. The summed E-state index contributed by atoms with van der Waals surface area (Å²) in [7, 11) is 0. The van der Waals surface area contributed by atoms with Crippen LogP contribution in [0.15, 0.2) is 41.1 Å². The average molecular weight is 360 g/mol. The van der Waals surface area contributed by atoms with Gasteiger partial charge in [-0.1, -0.05) is 0 Å². The Balaban J connectivity index is 1.47. The molecular weight excluding hydrogens is 336 g/mol. The molecule has 2 atom stereocenters. The number of β-amino-alcohol motifs (C(OH)–C–C–N with tert-alkyl or cyclic N) is 1. The molecule has 0 aliphatic carbocycles. The molecule has 0 spiro atoms. The van der Waals surface area contributed by atoms with Gasteiger partial charge in [0.05, 0.1) is 0 Å². The Morgan fingerprint density at radius 2 is 2.20 bits per heavy atom. The molecule has 0 saturated carbocycles. The van der Waals surface area contributed by atoms with Crippen molar-refractivity contribution in [3.63, 3.8) is 0 Å². The number of likely N-dealkylation sites (tertiary alicyclic amines) is 1. The van der Waals surface area contributed by atoms with Crippen LogP contribution >= 0.6 is 11.3 Å². The number of benzene rings is 1. The first-order valence-corrected chi connectivity index (χ1v) is 9.51. The number of nitrogens with one attached hydrogen (secondary N) is 1. The summed E-state index contributed by atoms with van der Waals surface area (Å²) in [6.45, 7) is 3.36. The highest BCUT2D eigenvalue weighted by Gasteiger charge is 2.27. The Kier molecular flexibility index (Phi) is 6.07. The van der Waals surface area contributed by atoms with E-state index in [1.54, 1.807) is 35.6 Å². The van der Waals surface area contributed by atoms with E-state index in [0.717, 1.165) is 18.7 Å². The molecule has 2 N–H and O–H groups in total. The zero-order chi connectivity index (χ0) is 17.6. The number of nitrogens with zero attached hydrogens (tertiary/aromatic N) is 1. The molecule has 2 aromatic rings. The highest BCUT2D eigenvalue weighted by atomic mass is 32.1. The van der Waals surface area contributed by atoms with Crippen molar-refractivity contribution in [2.75, 3.05) is 25.0 Å². The summed E-state index contributed by atoms with van der Waals surface area (Å²) in [5, 5.41) is 17.4. The predicted octanol–water partition coefficient (Wildman–Crippen LogP) is 3.28. The standard InChI is InChI=1S/C19H24N2O3S/c1-14(22)20-16-4-6-18(7-5-16)24-12-17(23)11-21-9-2-3-19(21)15-8-10-25-13-15/h4-8,10,13,17,19,23H,2-3,9,11-12H2,1H3,(H,20,22)/t17-,19+/m0/s1. The van der Waals surface area contributed by atoms with Crippen molar-refractivity contribution in [3.05, 3.63) is 46.7 Å². The Morgan fingerprint density at radius 1 is 1.40 bits per heavy atom. The van der Waals surface area contributed by atoms with Gasteiger partial charge in [0.25, 0.3) is 0 Å². The average Bonchev–Trinajstić information content (AvgIpc) is 3.24. The smallest absolute Gasteiger partial charge is 0.221 e. The first kappa shape index (κ1) is 17.9. The van der Waals surface area contributed by atoms with E-state index in [2.05, 4.69) is 27.0 Å². The van der Waals surface area contributed by atoms with Crippen LogP contribution in [-0.2, 0) is 4.79 Å². The zero-order valence-corrected chi connectivity index (χ0v) is 15.2. The third-order valence-electron chi connectivity index (χ3n) is 4.35. The van der Waals surface area contributed by atoms with Gasteiger partial charge in [-0.25, -0.2) is 0 Å². The summed E-state index contributed by atoms with van der Waals surface area (Å²) < 4.78 is 5.68. The molecular formula is C19H24N2O3S. The van der Waals surface area contributed by atoms with Gasteiger partial charge in [0.2, 0.25) is 5.91 Å². The van der Waals surface area contributed by atoms with Crippen molar-refractivity contribution < 1.29 is 14.6 Å². The fraction of sp³-hybridized carbons (Fsp3) is 0.421. The van der Waals surface area contributed by atoms with Crippen LogP contribution in [0.2, 0.25) is 0 Å². The van der Waals surface area contributed by atoms with Crippen LogP contribution < -0.4 is 10.1 Å². The van der Waals surface area contributed by atoms with Crippen molar-refractivity contribution in [2.24, 2.45) is 0 Å². The van der Waals surface area contributed by atoms with Crippen LogP contribution in [0.4, 0.5) is 5.69 Å². The number of aliphatic hydroxyl groups excluding tert-OH is 1. The van der Waals surface area contributed by atoms with E-state index in [1.165, 1.54) is 18.9 Å². The van der Waals surface area contributed by atoms with Crippen LogP contribution in [-0.4, -0.2) is 41.7 Å². The second-order valence-electron chi connectivity index (χ2n) is 6.38. The molecule has 5 nitrogen and oxygen atoms in total. The lowest BCUT2D eigenvalue weighted by atomic mass is 10.1. The first-order valence-electron chi connectivity index (χ1n) is 8.56. The van der Waals surface area contributed by atoms with Gasteiger partial charge in [-0.2, -0.15) is 11.3 Å². The molecule has 1 aromatic heterocycles. The van der Waals surface area contributed by atoms with Gasteiger partial charge in [0.1, 0.15) is 18.5 Å². The number of hydrogen-bond acceptors (Lipinski definition) is 5. The third-order valence-corrected chi connectivity index (χ3v) is 5.06. The fourth-order valence-electron chi connectivity index (χ4n) is 3.24. The zero-order valence-electron chi connectivity index (χ0n) is 14.4. The maximum absolute atomic E-state index is 11.0. The largest absolute Gasteiger partial charge is 0.491 e. The van der Waals surface area contributed by atoms with E-state index in [9.17, 15) is 9.90 Å². The summed E-state index contributed by atoms with van der Waals surface area (Å²) in [5.74, 6) is 0.582. The number of aliphatic hydroxyl groups is 1. The van der Waals surface area contributed by atoms with Crippen molar-refractivity contribution in [3.8, 4) is 5.75 Å². The Bertz CT molecular complexity index is 672. The van der Waals surface area contributed by atoms with Gasteiger partial charge >= 0.3 is 0 Å². The van der Waals surface area contributed by atoms with Gasteiger partial charge < -0.3 is 15.2 Å². The number of carbonyl (C=O) groups excluding carboxylic acids is 1. The Labute approximate surface area is 152 Å². The first-order chi connectivity index (χ1) is 12.1. The molecule has 0 bridgehead atoms. The normalized spacial score (nSPS) is 18.9. The number of ether oxygens (including phenoxy) is 1. The molecule has 1 saturated heterocycles. The van der Waals surface area contributed by atoms with Crippen LogP contribution in [0.5, 0.6) is 5.75 Å². The van der Waals surface area contributed by atoms with Crippen LogP contribution in [0, 0.1) is 0 Å². The van der Waals surface area contributed by atoms with E-state index in [1.807, 2.05) is 0 Å². The number of hydrogen-bond donors (Lipinski definition) is 2. The molecule has 1 fully saturated rings. The molecule has 0 radical (unpaired) electrons. The lowest BCUT2D eigenvalue weighted by Gasteiger charge is -2.26. The van der Waals surface area contributed by atoms with Crippen molar-refractivity contribution in [2.45, 2.75) is 31.9 Å². The minimum Gasteiger partial charge on any atom is -0.491 e. The molecule has 1 aliphatic rings. The van der Waals surface area contributed by atoms with Gasteiger partial charge in [0.15, 0.2) is 0 Å². The number of anilines is 1. The molecule has 6 heteroatoms. The number of amides is 1. The maximum Gasteiger partial charge on any atom is 0.221 e. The Morgan fingerprint density at radius 3 is 2.88 bits per heavy atom. The summed E-state index contributed by atoms with van der Waals surface area (Å²) in [4.78, 5) is 13.4. The number of carbonyl (C=O) groups is 1. The maximum atomic E-state index is 11.0. The lowest BCUT2D eigenvalue weighted by Crippen LogP contribution is -2.35. The van der Waals surface area contributed by atoms with E-state index < -0.39 is 6.10 Å². The van der Waals surface area contributed by atoms with E-state index >= 15 is 0 Å². The molecule has 1 amide bonds. The highest BCUT2D eigenvalue weighted by Crippen LogP contribution is 2.33. The SMILES string of the molecule is CC(=O)Nc1ccc(OC[C@@H](O)CN2CCC[C@@H]2c2ccsc2)cc1. The quantitative estimate of drug-likeness (QED) is 0.795. The molecule has 3 rings (SSSR count). The summed E-state index contributed by atoms with van der Waals surface area (Å²) in [6.07, 6.45) is 1.78. The molecule has 1 aromatic carbocycles. The van der Waals surface area contributed by atoms with Crippen LogP contribution in [0.1, 0.15) is 31.4 Å². The van der Waals surface area contributed by atoms with E-state index in [0.29, 0.717) is 18.3 Å². The number of rotatable bonds is 7. The molecule has 134 valence electrons. The van der Waals surface area contributed by atoms with Gasteiger partial charge in [-0.3, -0.25) is 9.69 Å². The highest BCUT2D eigenvalue weighted by molar-refractivity contribution is 7.07. The molecule has 25 heavy (non-hydrogen) atoms. The molecule has 2 heterocycles. The fourth-order valence-corrected chi connectivity index (χ4v) is 3.95. The molecule has 1 aliphatic heterocycles. The second-order valence-corrected chi connectivity index (χ2v) is 7.16. The van der Waals surface area contributed by atoms with E-state index in [4.69, 9.17) is 4.74 Å². The van der Waals surface area contributed by atoms with E-state index in [-0.39, 0.29) is 12.5 Å². The topological polar surface area (TPSA) is 61.8 Å². The van der Waals surface area contributed by atoms with Crippen LogP contribution in [0.25, 0.3) is 0 Å². The third kappa shape index (κ3) is 5.04. The summed E-state index contributed by atoms with van der Waals surface area (Å²) >= 11 is 1.72. The van der Waals surface area contributed by atoms with Gasteiger partial charge in [0, 0.05) is 25.2 Å². The summed E-state index contributed by atoms with van der Waals surface area (Å²) in [5.41, 5.74) is 2.08. The minimum atomic E-state index is -0.533. The monoisotopic (exact) mass is 360 g/mol. The van der Waals surface area contributed by atoms with Crippen molar-refractivity contribution >= 4 is 22.9 Å². The minimum absolute atomic E-state index is 0.102. The van der Waals surface area contributed by atoms with Crippen LogP contribution in [0.3, 0.4) is 0 Å².